The van der Waals surface area contributed by atoms with Gasteiger partial charge in [-0.3, -0.25) is 9.59 Å². The van der Waals surface area contributed by atoms with Crippen LogP contribution >= 0.6 is 11.3 Å². The molecule has 0 radical (unpaired) electrons. The van der Waals surface area contributed by atoms with Crippen molar-refractivity contribution < 1.29 is 14.3 Å². The molecule has 166 valence electrons. The quantitative estimate of drug-likeness (QED) is 0.413. The van der Waals surface area contributed by atoms with Crippen LogP contribution in [-0.2, 0) is 6.61 Å². The highest BCUT2D eigenvalue weighted by atomic mass is 32.1. The van der Waals surface area contributed by atoms with Crippen LogP contribution in [0.15, 0.2) is 60.0 Å². The SMILES string of the molecule is CCCC(=O)c1csc(C2CCN(C(=O)c3ccccc3OCc3ccccc3)CC2)n1. The summed E-state index contributed by atoms with van der Waals surface area (Å²) in [5.41, 5.74) is 2.26. The third-order valence-corrected chi connectivity index (χ3v) is 6.78. The summed E-state index contributed by atoms with van der Waals surface area (Å²) in [6.07, 6.45) is 3.09. The largest absolute Gasteiger partial charge is 0.488 e. The summed E-state index contributed by atoms with van der Waals surface area (Å²) in [6.45, 7) is 3.78. The number of carbonyl (C=O) groups excluding carboxylic acids is 2. The minimum atomic E-state index is 0.00469. The summed E-state index contributed by atoms with van der Waals surface area (Å²) < 4.78 is 5.98. The number of rotatable bonds is 8. The summed E-state index contributed by atoms with van der Waals surface area (Å²) in [5, 5.41) is 2.90. The molecule has 0 atom stereocenters. The maximum Gasteiger partial charge on any atom is 0.257 e. The molecule has 0 bridgehead atoms. The van der Waals surface area contributed by atoms with Crippen LogP contribution in [0.3, 0.4) is 0 Å². The summed E-state index contributed by atoms with van der Waals surface area (Å²) in [4.78, 5) is 31.8. The number of ether oxygens (including phenoxy) is 1. The molecule has 0 saturated carbocycles. The van der Waals surface area contributed by atoms with Crippen LogP contribution in [0.5, 0.6) is 5.75 Å². The first-order chi connectivity index (χ1) is 15.7. The van der Waals surface area contributed by atoms with E-state index in [1.165, 1.54) is 0 Å². The molecule has 1 aliphatic rings. The Balaban J connectivity index is 1.37. The maximum absolute atomic E-state index is 13.2. The van der Waals surface area contributed by atoms with Crippen molar-refractivity contribution >= 4 is 23.0 Å². The number of hydrogen-bond acceptors (Lipinski definition) is 5. The van der Waals surface area contributed by atoms with Gasteiger partial charge in [0.15, 0.2) is 5.78 Å². The van der Waals surface area contributed by atoms with Gasteiger partial charge in [0.05, 0.1) is 10.6 Å². The number of thiazole rings is 1. The topological polar surface area (TPSA) is 59.5 Å². The zero-order chi connectivity index (χ0) is 22.3. The molecule has 1 aliphatic heterocycles. The summed E-state index contributed by atoms with van der Waals surface area (Å²) in [5.74, 6) is 1.04. The van der Waals surface area contributed by atoms with Crippen LogP contribution in [0.1, 0.15) is 69.9 Å². The Morgan fingerprint density at radius 2 is 1.78 bits per heavy atom. The number of ketones is 1. The average molecular weight is 449 g/mol. The lowest BCUT2D eigenvalue weighted by Gasteiger charge is -2.31. The predicted molar refractivity (Wildman–Crippen MR) is 126 cm³/mol. The number of hydrogen-bond donors (Lipinski definition) is 0. The van der Waals surface area contributed by atoms with Crippen molar-refractivity contribution in [1.29, 1.82) is 0 Å². The summed E-state index contributed by atoms with van der Waals surface area (Å²) >= 11 is 1.57. The number of nitrogens with zero attached hydrogens (tertiary/aromatic N) is 2. The van der Waals surface area contributed by atoms with E-state index in [4.69, 9.17) is 4.74 Å². The van der Waals surface area contributed by atoms with Gasteiger partial charge in [0, 0.05) is 30.8 Å². The number of likely N-dealkylation sites (tertiary alicyclic amines) is 1. The molecule has 0 N–H and O–H groups in total. The number of amides is 1. The minimum absolute atomic E-state index is 0.00469. The lowest BCUT2D eigenvalue weighted by atomic mass is 9.97. The molecule has 0 spiro atoms. The van der Waals surface area contributed by atoms with Gasteiger partial charge in [0.1, 0.15) is 18.1 Å². The molecular formula is C26H28N2O3S. The Morgan fingerprint density at radius 1 is 1.06 bits per heavy atom. The molecule has 5 nitrogen and oxygen atoms in total. The number of aromatic nitrogens is 1. The van der Waals surface area contributed by atoms with Crippen LogP contribution in [0, 0.1) is 0 Å². The smallest absolute Gasteiger partial charge is 0.257 e. The van der Waals surface area contributed by atoms with Crippen LogP contribution in [0.2, 0.25) is 0 Å². The zero-order valence-electron chi connectivity index (χ0n) is 18.3. The van der Waals surface area contributed by atoms with E-state index < -0.39 is 0 Å². The van der Waals surface area contributed by atoms with Crippen molar-refractivity contribution in [3.05, 3.63) is 81.8 Å². The molecule has 0 aliphatic carbocycles. The molecule has 0 unspecified atom stereocenters. The highest BCUT2D eigenvalue weighted by molar-refractivity contribution is 7.09. The number of carbonyl (C=O) groups is 2. The van der Waals surface area contributed by atoms with E-state index in [1.807, 2.05) is 71.8 Å². The van der Waals surface area contributed by atoms with E-state index in [9.17, 15) is 9.59 Å². The van der Waals surface area contributed by atoms with Gasteiger partial charge in [0.2, 0.25) is 0 Å². The lowest BCUT2D eigenvalue weighted by Crippen LogP contribution is -2.38. The average Bonchev–Trinajstić information content (AvgIpc) is 3.34. The molecule has 2 aromatic carbocycles. The Labute approximate surface area is 193 Å². The fourth-order valence-electron chi connectivity index (χ4n) is 3.96. The van der Waals surface area contributed by atoms with Crippen molar-refractivity contribution in [3.63, 3.8) is 0 Å². The fourth-order valence-corrected chi connectivity index (χ4v) is 4.96. The second-order valence-electron chi connectivity index (χ2n) is 8.08. The monoisotopic (exact) mass is 448 g/mol. The Hall–Kier alpha value is -2.99. The van der Waals surface area contributed by atoms with Crippen molar-refractivity contribution in [3.8, 4) is 5.75 Å². The number of Topliss-reactive ketones (excluding diaryl/α,β-unsaturated/α-hetero) is 1. The van der Waals surface area contributed by atoms with Gasteiger partial charge in [-0.15, -0.1) is 11.3 Å². The number of para-hydroxylation sites is 1. The first kappa shape index (κ1) is 22.2. The normalized spacial score (nSPS) is 14.3. The third kappa shape index (κ3) is 5.25. The predicted octanol–water partition coefficient (Wildman–Crippen LogP) is 5.72. The standard InChI is InChI=1S/C26H28N2O3S/c1-2-8-23(29)22-18-32-25(27-22)20-13-15-28(16-14-20)26(30)21-11-6-7-12-24(21)31-17-19-9-4-3-5-10-19/h3-7,9-12,18,20H,2,8,13-17H2,1H3. The van der Waals surface area contributed by atoms with Gasteiger partial charge in [-0.05, 0) is 37.0 Å². The van der Waals surface area contributed by atoms with Gasteiger partial charge in [0.25, 0.3) is 5.91 Å². The molecule has 1 amide bonds. The van der Waals surface area contributed by atoms with E-state index in [1.54, 1.807) is 11.3 Å². The molecule has 1 saturated heterocycles. The van der Waals surface area contributed by atoms with E-state index in [0.717, 1.165) is 29.8 Å². The zero-order valence-corrected chi connectivity index (χ0v) is 19.1. The van der Waals surface area contributed by atoms with Gasteiger partial charge < -0.3 is 9.64 Å². The van der Waals surface area contributed by atoms with E-state index in [0.29, 0.717) is 49.0 Å². The maximum atomic E-state index is 13.2. The molecule has 1 aromatic heterocycles. The van der Waals surface area contributed by atoms with Crippen molar-refractivity contribution in [2.45, 2.75) is 45.1 Å². The molecule has 1 fully saturated rings. The van der Waals surface area contributed by atoms with Crippen LogP contribution in [0.25, 0.3) is 0 Å². The molecule has 6 heteroatoms. The Morgan fingerprint density at radius 3 is 2.53 bits per heavy atom. The van der Waals surface area contributed by atoms with Crippen LogP contribution in [-0.4, -0.2) is 34.7 Å². The first-order valence-corrected chi connectivity index (χ1v) is 12.1. The molecule has 4 rings (SSSR count). The first-order valence-electron chi connectivity index (χ1n) is 11.2. The van der Waals surface area contributed by atoms with E-state index >= 15 is 0 Å². The number of piperidine rings is 1. The molecular weight excluding hydrogens is 420 g/mol. The summed E-state index contributed by atoms with van der Waals surface area (Å²) in [6, 6.07) is 17.4. The Bertz CT molecular complexity index is 1060. The highest BCUT2D eigenvalue weighted by Crippen LogP contribution is 2.32. The molecule has 3 aromatic rings. The van der Waals surface area contributed by atoms with Gasteiger partial charge in [-0.1, -0.05) is 49.4 Å². The van der Waals surface area contributed by atoms with E-state index in [2.05, 4.69) is 4.98 Å². The minimum Gasteiger partial charge on any atom is -0.488 e. The van der Waals surface area contributed by atoms with E-state index in [-0.39, 0.29) is 11.7 Å². The Kier molecular flexibility index (Phi) is 7.32. The van der Waals surface area contributed by atoms with Gasteiger partial charge >= 0.3 is 0 Å². The van der Waals surface area contributed by atoms with Gasteiger partial charge in [-0.2, -0.15) is 0 Å². The third-order valence-electron chi connectivity index (χ3n) is 5.77. The lowest BCUT2D eigenvalue weighted by molar-refractivity contribution is 0.0708. The second kappa shape index (κ2) is 10.6. The van der Waals surface area contributed by atoms with Gasteiger partial charge in [-0.25, -0.2) is 4.98 Å². The second-order valence-corrected chi connectivity index (χ2v) is 8.97. The fraction of sp³-hybridized carbons (Fsp3) is 0.346. The van der Waals surface area contributed by atoms with Crippen molar-refractivity contribution in [2.24, 2.45) is 0 Å². The van der Waals surface area contributed by atoms with Crippen molar-refractivity contribution in [1.82, 2.24) is 9.88 Å². The molecule has 32 heavy (non-hydrogen) atoms. The summed E-state index contributed by atoms with van der Waals surface area (Å²) in [7, 11) is 0. The van der Waals surface area contributed by atoms with Crippen molar-refractivity contribution in [2.75, 3.05) is 13.1 Å². The highest BCUT2D eigenvalue weighted by Gasteiger charge is 2.28. The van der Waals surface area contributed by atoms with Crippen LogP contribution in [0.4, 0.5) is 0 Å². The number of benzene rings is 2. The molecule has 2 heterocycles. The van der Waals surface area contributed by atoms with Crippen LogP contribution < -0.4 is 4.74 Å².